The van der Waals surface area contributed by atoms with Gasteiger partial charge in [-0.05, 0) is 75.9 Å². The molecule has 0 aliphatic heterocycles. The third-order valence-electron chi connectivity index (χ3n) is 4.78. The Hall–Kier alpha value is -2.70. The van der Waals surface area contributed by atoms with Crippen LogP contribution in [0.2, 0.25) is 0 Å². The molecule has 0 fully saturated rings. The standard InChI is InChI=1S/C25H30N2.CH4/c1-18(2)20-11-9-13-22(15-20)24(5,6)26-17-27-25(7,8)23-14-10-12-21(16-23)19(3)4;/h9-16H,1,3H2,2,4-8H3;1H4. The summed E-state index contributed by atoms with van der Waals surface area (Å²) in [4.78, 5) is 9.26. The van der Waals surface area contributed by atoms with E-state index < -0.39 is 11.1 Å². The number of aliphatic imine (C=N–C) groups is 2. The number of hydrogen-bond donors (Lipinski definition) is 0. The normalized spacial score (nSPS) is 11.1. The molecule has 0 atom stereocenters. The minimum absolute atomic E-state index is 0. The first-order valence-corrected chi connectivity index (χ1v) is 9.24. The molecule has 0 aliphatic carbocycles. The van der Waals surface area contributed by atoms with E-state index in [2.05, 4.69) is 93.2 Å². The van der Waals surface area contributed by atoms with Crippen molar-refractivity contribution < 1.29 is 0 Å². The molecule has 2 aromatic carbocycles. The van der Waals surface area contributed by atoms with Gasteiger partial charge < -0.3 is 0 Å². The molecule has 2 aromatic rings. The predicted molar refractivity (Wildman–Crippen MR) is 125 cm³/mol. The van der Waals surface area contributed by atoms with Gasteiger partial charge >= 0.3 is 0 Å². The summed E-state index contributed by atoms with van der Waals surface area (Å²) in [7, 11) is 0. The van der Waals surface area contributed by atoms with Crippen LogP contribution in [0.5, 0.6) is 0 Å². The minimum Gasteiger partial charge on any atom is -0.215 e. The van der Waals surface area contributed by atoms with E-state index in [-0.39, 0.29) is 7.43 Å². The maximum Gasteiger partial charge on any atom is 0.0910 e. The fourth-order valence-electron chi connectivity index (χ4n) is 2.73. The molecule has 148 valence electrons. The molecule has 0 amide bonds. The predicted octanol–water partition coefficient (Wildman–Crippen LogP) is 7.73. The first kappa shape index (κ1) is 23.3. The lowest BCUT2D eigenvalue weighted by atomic mass is 9.92. The van der Waals surface area contributed by atoms with Gasteiger partial charge in [0, 0.05) is 0 Å². The smallest absolute Gasteiger partial charge is 0.0910 e. The first-order valence-electron chi connectivity index (χ1n) is 9.24. The zero-order chi connectivity index (χ0) is 20.2. The average molecular weight is 375 g/mol. The van der Waals surface area contributed by atoms with Gasteiger partial charge in [0.05, 0.1) is 17.1 Å². The van der Waals surface area contributed by atoms with Crippen molar-refractivity contribution in [1.82, 2.24) is 0 Å². The molecule has 0 aliphatic rings. The second-order valence-electron chi connectivity index (χ2n) is 8.16. The topological polar surface area (TPSA) is 24.7 Å². The SMILES string of the molecule is C.C=C(C)c1cccc(C(C)(C)N=C=NC(C)(C)c2cccc(C(=C)C)c2)c1. The molecule has 0 aromatic heterocycles. The van der Waals surface area contributed by atoms with Crippen molar-refractivity contribution in [2.75, 3.05) is 0 Å². The number of benzene rings is 2. The lowest BCUT2D eigenvalue weighted by molar-refractivity contribution is 0.545. The average Bonchev–Trinajstić information content (AvgIpc) is 2.61. The van der Waals surface area contributed by atoms with E-state index in [4.69, 9.17) is 0 Å². The maximum atomic E-state index is 4.63. The van der Waals surface area contributed by atoms with Crippen molar-refractivity contribution >= 4 is 17.2 Å². The van der Waals surface area contributed by atoms with Crippen molar-refractivity contribution in [3.05, 3.63) is 83.9 Å². The highest BCUT2D eigenvalue weighted by Crippen LogP contribution is 2.28. The van der Waals surface area contributed by atoms with Crippen LogP contribution in [0.4, 0.5) is 0 Å². The van der Waals surface area contributed by atoms with Gasteiger partial charge in [0.2, 0.25) is 0 Å². The summed E-state index contributed by atoms with van der Waals surface area (Å²) >= 11 is 0. The highest BCUT2D eigenvalue weighted by Gasteiger charge is 2.21. The van der Waals surface area contributed by atoms with E-state index in [1.54, 1.807) is 0 Å². The Balaban J connectivity index is 0.00000392. The summed E-state index contributed by atoms with van der Waals surface area (Å²) in [5, 5.41) is 0. The largest absolute Gasteiger partial charge is 0.215 e. The van der Waals surface area contributed by atoms with E-state index in [0.29, 0.717) is 0 Å². The lowest BCUT2D eigenvalue weighted by Crippen LogP contribution is -2.16. The van der Waals surface area contributed by atoms with Crippen molar-refractivity contribution in [3.8, 4) is 0 Å². The molecule has 0 unspecified atom stereocenters. The van der Waals surface area contributed by atoms with Gasteiger partial charge in [-0.25, -0.2) is 9.98 Å². The molecule has 0 N–H and O–H groups in total. The van der Waals surface area contributed by atoms with Gasteiger partial charge in [-0.2, -0.15) is 0 Å². The lowest BCUT2D eigenvalue weighted by Gasteiger charge is -2.21. The maximum absolute atomic E-state index is 4.63. The molecule has 2 nitrogen and oxygen atoms in total. The Kier molecular flexibility index (Phi) is 7.50. The molecule has 2 heteroatoms. The zero-order valence-electron chi connectivity index (χ0n) is 17.4. The molecule has 0 saturated heterocycles. The van der Waals surface area contributed by atoms with Crippen LogP contribution in [-0.4, -0.2) is 6.01 Å². The van der Waals surface area contributed by atoms with Gasteiger partial charge in [-0.15, -0.1) is 0 Å². The Morgan fingerprint density at radius 1 is 0.750 bits per heavy atom. The van der Waals surface area contributed by atoms with Crippen molar-refractivity contribution in [3.63, 3.8) is 0 Å². The third kappa shape index (κ3) is 5.65. The highest BCUT2D eigenvalue weighted by molar-refractivity contribution is 5.63. The van der Waals surface area contributed by atoms with Crippen LogP contribution in [0.3, 0.4) is 0 Å². The molecular weight excluding hydrogens is 340 g/mol. The molecule has 0 spiro atoms. The first-order chi connectivity index (χ1) is 12.5. The number of allylic oxidation sites excluding steroid dienone is 2. The second kappa shape index (κ2) is 8.99. The van der Waals surface area contributed by atoms with Crippen LogP contribution in [-0.2, 0) is 11.1 Å². The van der Waals surface area contributed by atoms with E-state index in [1.807, 2.05) is 26.0 Å². The summed E-state index contributed by atoms with van der Waals surface area (Å²) in [5.41, 5.74) is 5.76. The molecule has 2 rings (SSSR count). The molecule has 0 bridgehead atoms. The quantitative estimate of drug-likeness (QED) is 0.462. The third-order valence-corrected chi connectivity index (χ3v) is 4.78. The van der Waals surface area contributed by atoms with E-state index in [0.717, 1.165) is 33.4 Å². The van der Waals surface area contributed by atoms with Crippen molar-refractivity contribution in [2.24, 2.45) is 9.98 Å². The van der Waals surface area contributed by atoms with E-state index in [9.17, 15) is 0 Å². The van der Waals surface area contributed by atoms with Crippen LogP contribution < -0.4 is 0 Å². The van der Waals surface area contributed by atoms with Crippen LogP contribution in [0, 0.1) is 0 Å². The molecule has 0 heterocycles. The highest BCUT2D eigenvalue weighted by atomic mass is 14.9. The van der Waals surface area contributed by atoms with E-state index in [1.165, 1.54) is 0 Å². The van der Waals surface area contributed by atoms with Crippen LogP contribution in [0.25, 0.3) is 11.1 Å². The van der Waals surface area contributed by atoms with Crippen molar-refractivity contribution in [1.29, 1.82) is 0 Å². The molecule has 28 heavy (non-hydrogen) atoms. The van der Waals surface area contributed by atoms with Gasteiger partial charge in [-0.3, -0.25) is 0 Å². The monoisotopic (exact) mass is 374 g/mol. The Labute approximate surface area is 171 Å². The van der Waals surface area contributed by atoms with Crippen LogP contribution >= 0.6 is 0 Å². The van der Waals surface area contributed by atoms with Crippen LogP contribution in [0.1, 0.15) is 71.2 Å². The Bertz CT molecular complexity index is 849. The fourth-order valence-corrected chi connectivity index (χ4v) is 2.73. The van der Waals surface area contributed by atoms with Gasteiger partial charge in [0.25, 0.3) is 0 Å². The van der Waals surface area contributed by atoms with E-state index >= 15 is 0 Å². The molecular formula is C26H34N2. The Morgan fingerprint density at radius 3 is 1.43 bits per heavy atom. The number of nitrogens with zero attached hydrogens (tertiary/aromatic N) is 2. The molecule has 0 saturated carbocycles. The summed E-state index contributed by atoms with van der Waals surface area (Å²) in [5.74, 6) is 0. The second-order valence-corrected chi connectivity index (χ2v) is 8.16. The van der Waals surface area contributed by atoms with Gasteiger partial charge in [-0.1, -0.05) is 68.1 Å². The Morgan fingerprint density at radius 2 is 1.11 bits per heavy atom. The fraction of sp³-hybridized carbons (Fsp3) is 0.346. The molecule has 0 radical (unpaired) electrons. The van der Waals surface area contributed by atoms with Gasteiger partial charge in [0.1, 0.15) is 0 Å². The van der Waals surface area contributed by atoms with Crippen molar-refractivity contribution in [2.45, 2.75) is 60.0 Å². The van der Waals surface area contributed by atoms with Gasteiger partial charge in [0.15, 0.2) is 0 Å². The summed E-state index contributed by atoms with van der Waals surface area (Å²) in [6.45, 7) is 20.4. The summed E-state index contributed by atoms with van der Waals surface area (Å²) in [6.07, 6.45) is 0. The van der Waals surface area contributed by atoms with Crippen LogP contribution in [0.15, 0.2) is 71.7 Å². The summed E-state index contributed by atoms with van der Waals surface area (Å²) < 4.78 is 0. The zero-order valence-corrected chi connectivity index (χ0v) is 17.4. The number of rotatable bonds is 6. The summed E-state index contributed by atoms with van der Waals surface area (Å²) in [6, 6.07) is 19.6. The number of hydrogen-bond acceptors (Lipinski definition) is 2. The minimum atomic E-state index is -0.412.